The van der Waals surface area contributed by atoms with Gasteiger partial charge in [0.2, 0.25) is 5.91 Å². The molecular formula is C7H13N3O4. The largest absolute Gasteiger partial charge is 0.480 e. The zero-order chi connectivity index (χ0) is 11.1. The van der Waals surface area contributed by atoms with E-state index in [1.54, 1.807) is 0 Å². The van der Waals surface area contributed by atoms with Gasteiger partial charge < -0.3 is 21.1 Å². The van der Waals surface area contributed by atoms with Crippen molar-refractivity contribution in [3.05, 3.63) is 0 Å². The van der Waals surface area contributed by atoms with Crippen LogP contribution in [0, 0.1) is 0 Å². The standard InChI is InChI=1S/C7H13N3O4/c1-4(6(12)13)10-7(14)9-3-5(11)8-2/h4H,3H2,1-2H3,(H,8,11)(H,12,13)(H2,9,10,14)/t4-/m0/s1. The minimum absolute atomic E-state index is 0.186. The monoisotopic (exact) mass is 203 g/mol. The molecule has 7 heteroatoms. The van der Waals surface area contributed by atoms with Crippen LogP contribution in [0.1, 0.15) is 6.92 Å². The van der Waals surface area contributed by atoms with Crippen molar-refractivity contribution in [1.29, 1.82) is 0 Å². The summed E-state index contributed by atoms with van der Waals surface area (Å²) < 4.78 is 0. The number of aliphatic carboxylic acids is 1. The highest BCUT2D eigenvalue weighted by Crippen LogP contribution is 1.80. The summed E-state index contributed by atoms with van der Waals surface area (Å²) in [6.07, 6.45) is 0. The van der Waals surface area contributed by atoms with Gasteiger partial charge in [-0.1, -0.05) is 0 Å². The number of hydrogen-bond acceptors (Lipinski definition) is 3. The number of rotatable bonds is 4. The van der Waals surface area contributed by atoms with E-state index < -0.39 is 18.0 Å². The highest BCUT2D eigenvalue weighted by Gasteiger charge is 2.13. The number of carboxylic acids is 1. The first kappa shape index (κ1) is 12.2. The van der Waals surface area contributed by atoms with Gasteiger partial charge in [-0.2, -0.15) is 0 Å². The number of amides is 3. The van der Waals surface area contributed by atoms with Gasteiger partial charge >= 0.3 is 12.0 Å². The molecule has 0 saturated carbocycles. The molecule has 7 nitrogen and oxygen atoms in total. The van der Waals surface area contributed by atoms with Crippen molar-refractivity contribution in [2.45, 2.75) is 13.0 Å². The molecule has 0 saturated heterocycles. The minimum Gasteiger partial charge on any atom is -0.480 e. The average Bonchev–Trinajstić information content (AvgIpc) is 2.13. The van der Waals surface area contributed by atoms with E-state index in [1.807, 2.05) is 0 Å². The molecule has 1 atom stereocenters. The van der Waals surface area contributed by atoms with E-state index in [4.69, 9.17) is 5.11 Å². The fourth-order valence-corrected chi connectivity index (χ4v) is 0.558. The molecule has 3 amide bonds. The van der Waals surface area contributed by atoms with Crippen molar-refractivity contribution in [2.75, 3.05) is 13.6 Å². The zero-order valence-corrected chi connectivity index (χ0v) is 7.96. The van der Waals surface area contributed by atoms with Crippen molar-refractivity contribution in [2.24, 2.45) is 0 Å². The summed E-state index contributed by atoms with van der Waals surface area (Å²) >= 11 is 0. The molecule has 0 spiro atoms. The first-order valence-electron chi connectivity index (χ1n) is 3.95. The Morgan fingerprint density at radius 3 is 2.36 bits per heavy atom. The van der Waals surface area contributed by atoms with Crippen LogP contribution in [0.5, 0.6) is 0 Å². The molecule has 0 aromatic rings. The Hall–Kier alpha value is -1.79. The van der Waals surface area contributed by atoms with Crippen LogP contribution in [0.3, 0.4) is 0 Å². The lowest BCUT2D eigenvalue weighted by molar-refractivity contribution is -0.138. The van der Waals surface area contributed by atoms with Crippen molar-refractivity contribution in [1.82, 2.24) is 16.0 Å². The summed E-state index contributed by atoms with van der Waals surface area (Å²) in [6.45, 7) is 1.14. The van der Waals surface area contributed by atoms with Crippen molar-refractivity contribution < 1.29 is 19.5 Å². The van der Waals surface area contributed by atoms with Crippen LogP contribution in [0.2, 0.25) is 0 Å². The first-order valence-corrected chi connectivity index (χ1v) is 3.95. The van der Waals surface area contributed by atoms with Gasteiger partial charge in [-0.05, 0) is 6.92 Å². The molecule has 0 aliphatic heterocycles. The lowest BCUT2D eigenvalue weighted by atomic mass is 10.3. The number of carbonyl (C=O) groups is 3. The zero-order valence-electron chi connectivity index (χ0n) is 7.96. The lowest BCUT2D eigenvalue weighted by Crippen LogP contribution is -2.46. The summed E-state index contributed by atoms with van der Waals surface area (Å²) in [6, 6.07) is -1.68. The summed E-state index contributed by atoms with van der Waals surface area (Å²) in [5.41, 5.74) is 0. The van der Waals surface area contributed by atoms with Crippen LogP contribution >= 0.6 is 0 Å². The molecular weight excluding hydrogens is 190 g/mol. The fraction of sp³-hybridized carbons (Fsp3) is 0.571. The van der Waals surface area contributed by atoms with Crippen LogP contribution in [0.25, 0.3) is 0 Å². The number of carbonyl (C=O) groups excluding carboxylic acids is 2. The Bertz CT molecular complexity index is 241. The Morgan fingerprint density at radius 1 is 1.36 bits per heavy atom. The van der Waals surface area contributed by atoms with Gasteiger partial charge in [0.05, 0.1) is 6.54 Å². The molecule has 0 heterocycles. The Morgan fingerprint density at radius 2 is 1.93 bits per heavy atom. The third-order valence-electron chi connectivity index (χ3n) is 1.41. The number of carboxylic acid groups (broad SMARTS) is 1. The van der Waals surface area contributed by atoms with Crippen LogP contribution in [0.15, 0.2) is 0 Å². The van der Waals surface area contributed by atoms with Crippen LogP contribution < -0.4 is 16.0 Å². The molecule has 0 aromatic carbocycles. The van der Waals surface area contributed by atoms with Gasteiger partial charge in [0, 0.05) is 7.05 Å². The van der Waals surface area contributed by atoms with Gasteiger partial charge in [0.25, 0.3) is 0 Å². The Balaban J connectivity index is 3.76. The van der Waals surface area contributed by atoms with Gasteiger partial charge in [-0.15, -0.1) is 0 Å². The van der Waals surface area contributed by atoms with Crippen LogP contribution in [0.4, 0.5) is 4.79 Å². The Labute approximate surface area is 80.9 Å². The number of hydrogen-bond donors (Lipinski definition) is 4. The van der Waals surface area contributed by atoms with E-state index in [-0.39, 0.29) is 12.5 Å². The molecule has 0 fully saturated rings. The normalized spacial score (nSPS) is 11.3. The molecule has 80 valence electrons. The summed E-state index contributed by atoms with van der Waals surface area (Å²) in [5.74, 6) is -1.50. The molecule has 0 radical (unpaired) electrons. The number of urea groups is 1. The topological polar surface area (TPSA) is 108 Å². The van der Waals surface area contributed by atoms with E-state index in [9.17, 15) is 14.4 Å². The highest BCUT2D eigenvalue weighted by molar-refractivity contribution is 5.86. The molecule has 4 N–H and O–H groups in total. The van der Waals surface area contributed by atoms with E-state index >= 15 is 0 Å². The third kappa shape index (κ3) is 4.96. The van der Waals surface area contributed by atoms with Crippen molar-refractivity contribution in [3.8, 4) is 0 Å². The van der Waals surface area contributed by atoms with Crippen molar-refractivity contribution in [3.63, 3.8) is 0 Å². The first-order chi connectivity index (χ1) is 6.47. The van der Waals surface area contributed by atoms with E-state index in [0.717, 1.165) is 0 Å². The van der Waals surface area contributed by atoms with E-state index in [0.29, 0.717) is 0 Å². The maximum atomic E-state index is 10.9. The fourth-order valence-electron chi connectivity index (χ4n) is 0.558. The predicted molar refractivity (Wildman–Crippen MR) is 47.7 cm³/mol. The second-order valence-electron chi connectivity index (χ2n) is 2.56. The SMILES string of the molecule is CNC(=O)CNC(=O)N[C@@H](C)C(=O)O. The van der Waals surface area contributed by atoms with Crippen LogP contribution in [-0.2, 0) is 9.59 Å². The smallest absolute Gasteiger partial charge is 0.325 e. The highest BCUT2D eigenvalue weighted by atomic mass is 16.4. The van der Waals surface area contributed by atoms with Gasteiger partial charge in [-0.3, -0.25) is 9.59 Å². The molecule has 0 aliphatic carbocycles. The maximum absolute atomic E-state index is 10.9. The molecule has 0 bridgehead atoms. The van der Waals surface area contributed by atoms with Crippen molar-refractivity contribution >= 4 is 17.9 Å². The summed E-state index contributed by atoms with van der Waals surface area (Å²) in [4.78, 5) is 31.9. The van der Waals surface area contributed by atoms with Gasteiger partial charge in [-0.25, -0.2) is 4.79 Å². The third-order valence-corrected chi connectivity index (χ3v) is 1.41. The number of nitrogens with one attached hydrogen (secondary N) is 3. The van der Waals surface area contributed by atoms with Crippen LogP contribution in [-0.4, -0.2) is 42.6 Å². The molecule has 0 aromatic heterocycles. The Kier molecular flexibility index (Phi) is 5.05. The molecule has 14 heavy (non-hydrogen) atoms. The molecule has 0 unspecified atom stereocenters. The van der Waals surface area contributed by atoms with Gasteiger partial charge in [0.15, 0.2) is 0 Å². The molecule has 0 rings (SSSR count). The van der Waals surface area contributed by atoms with E-state index in [2.05, 4.69) is 16.0 Å². The maximum Gasteiger partial charge on any atom is 0.325 e. The second kappa shape index (κ2) is 5.79. The lowest BCUT2D eigenvalue weighted by Gasteiger charge is -2.09. The summed E-state index contributed by atoms with van der Waals surface area (Å²) in [7, 11) is 1.43. The average molecular weight is 203 g/mol. The quantitative estimate of drug-likeness (QED) is 0.446. The minimum atomic E-state index is -1.14. The number of likely N-dealkylation sites (N-methyl/N-ethyl adjacent to an activating group) is 1. The predicted octanol–water partition coefficient (Wildman–Crippen LogP) is -1.50. The van der Waals surface area contributed by atoms with E-state index in [1.165, 1.54) is 14.0 Å². The summed E-state index contributed by atoms with van der Waals surface area (Å²) in [5, 5.41) is 15.1. The molecule has 0 aliphatic rings. The second-order valence-corrected chi connectivity index (χ2v) is 2.56. The van der Waals surface area contributed by atoms with Gasteiger partial charge in [0.1, 0.15) is 6.04 Å².